The number of oxime groups is 1. The number of hydrogen-bond acceptors (Lipinski definition) is 4. The lowest BCUT2D eigenvalue weighted by Gasteiger charge is -2.10. The molecule has 6 heteroatoms. The van der Waals surface area contributed by atoms with Crippen LogP contribution in [0.5, 0.6) is 5.75 Å². The number of ether oxygens (including phenoxy) is 1. The quantitative estimate of drug-likeness (QED) is 0.390. The summed E-state index contributed by atoms with van der Waals surface area (Å²) in [6.45, 7) is 6.77. The van der Waals surface area contributed by atoms with Gasteiger partial charge in [0, 0.05) is 5.69 Å². The van der Waals surface area contributed by atoms with Gasteiger partial charge >= 0.3 is 0 Å². The van der Waals surface area contributed by atoms with Crippen LogP contribution in [0, 0.1) is 20.8 Å². The van der Waals surface area contributed by atoms with Gasteiger partial charge in [-0.2, -0.15) is 5.10 Å². The van der Waals surface area contributed by atoms with Gasteiger partial charge in [-0.3, -0.25) is 4.68 Å². The van der Waals surface area contributed by atoms with Crippen molar-refractivity contribution in [2.45, 2.75) is 27.3 Å². The van der Waals surface area contributed by atoms with Gasteiger partial charge in [0.2, 0.25) is 0 Å². The highest BCUT2D eigenvalue weighted by molar-refractivity contribution is 5.99. The van der Waals surface area contributed by atoms with Gasteiger partial charge in [-0.1, -0.05) is 11.2 Å². The molecule has 2 aromatic rings. The highest BCUT2D eigenvalue weighted by Crippen LogP contribution is 2.21. The minimum atomic E-state index is 0.0281. The molecule has 0 unspecified atom stereocenters. The summed E-state index contributed by atoms with van der Waals surface area (Å²) >= 11 is 0. The Morgan fingerprint density at radius 3 is 2.62 bits per heavy atom. The first-order chi connectivity index (χ1) is 9.97. The first-order valence-corrected chi connectivity index (χ1v) is 6.63. The van der Waals surface area contributed by atoms with Crippen molar-refractivity contribution in [1.29, 1.82) is 0 Å². The summed E-state index contributed by atoms with van der Waals surface area (Å²) in [5, 5.41) is 16.3. The molecule has 1 heterocycles. The lowest BCUT2D eigenvalue weighted by Crippen LogP contribution is -2.15. The van der Waals surface area contributed by atoms with E-state index < -0.39 is 0 Å². The van der Waals surface area contributed by atoms with E-state index >= 15 is 0 Å². The van der Waals surface area contributed by atoms with Gasteiger partial charge in [0.25, 0.3) is 0 Å². The van der Waals surface area contributed by atoms with E-state index in [9.17, 15) is 0 Å². The van der Waals surface area contributed by atoms with Crippen molar-refractivity contribution < 1.29 is 9.94 Å². The number of hydrogen-bond donors (Lipinski definition) is 2. The number of rotatable bonds is 4. The predicted molar refractivity (Wildman–Crippen MR) is 81.0 cm³/mol. The van der Waals surface area contributed by atoms with E-state index in [1.165, 1.54) is 5.56 Å². The largest absolute Gasteiger partial charge is 0.496 e. The maximum atomic E-state index is 8.78. The van der Waals surface area contributed by atoms with E-state index in [1.54, 1.807) is 13.2 Å². The number of aromatic nitrogens is 2. The Labute approximate surface area is 123 Å². The van der Waals surface area contributed by atoms with E-state index in [1.807, 2.05) is 23.7 Å². The molecule has 0 aliphatic rings. The predicted octanol–water partition coefficient (Wildman–Crippen LogP) is 1.96. The fourth-order valence-electron chi connectivity index (χ4n) is 2.21. The second kappa shape index (κ2) is 5.87. The fourth-order valence-corrected chi connectivity index (χ4v) is 2.21. The SMILES string of the molecule is COc1cc(Cn2nc(C)c(C)c2C)ccc1/C(N)=N/O. The molecule has 1 aromatic heterocycles. The highest BCUT2D eigenvalue weighted by atomic mass is 16.5. The molecule has 1 aromatic carbocycles. The molecule has 0 amide bonds. The molecule has 0 bridgehead atoms. The van der Waals surface area contributed by atoms with E-state index in [-0.39, 0.29) is 5.84 Å². The van der Waals surface area contributed by atoms with Crippen LogP contribution in [0.4, 0.5) is 0 Å². The maximum Gasteiger partial charge on any atom is 0.173 e. The third-order valence-electron chi connectivity index (χ3n) is 3.73. The fraction of sp³-hybridized carbons (Fsp3) is 0.333. The molecule has 0 atom stereocenters. The zero-order valence-corrected chi connectivity index (χ0v) is 12.7. The molecule has 112 valence electrons. The number of amidine groups is 1. The number of nitrogens with zero attached hydrogens (tertiary/aromatic N) is 3. The van der Waals surface area contributed by atoms with Gasteiger partial charge in [0.05, 0.1) is 24.9 Å². The van der Waals surface area contributed by atoms with Crippen LogP contribution in [0.3, 0.4) is 0 Å². The molecule has 2 rings (SSSR count). The number of nitrogens with two attached hydrogens (primary N) is 1. The standard InChI is InChI=1S/C15H20N4O2/c1-9-10(2)17-19(11(9)3)8-12-5-6-13(15(16)18-20)14(7-12)21-4/h5-7,20H,8H2,1-4H3,(H2,16,18). The minimum absolute atomic E-state index is 0.0281. The van der Waals surface area contributed by atoms with Crippen molar-refractivity contribution in [2.75, 3.05) is 7.11 Å². The summed E-state index contributed by atoms with van der Waals surface area (Å²) in [7, 11) is 1.56. The Morgan fingerprint density at radius 1 is 1.38 bits per heavy atom. The molecule has 0 saturated carbocycles. The molecule has 0 spiro atoms. The van der Waals surface area contributed by atoms with Crippen molar-refractivity contribution in [2.24, 2.45) is 10.9 Å². The molecule has 0 fully saturated rings. The van der Waals surface area contributed by atoms with Crippen LogP contribution < -0.4 is 10.5 Å². The van der Waals surface area contributed by atoms with Crippen molar-refractivity contribution in [3.63, 3.8) is 0 Å². The molecule has 0 aliphatic heterocycles. The summed E-state index contributed by atoms with van der Waals surface area (Å²) in [6, 6.07) is 5.57. The zero-order chi connectivity index (χ0) is 15.6. The molecular formula is C15H20N4O2. The van der Waals surface area contributed by atoms with E-state index in [2.05, 4.69) is 24.1 Å². The van der Waals surface area contributed by atoms with Gasteiger partial charge in [0.1, 0.15) is 5.75 Å². The Morgan fingerprint density at radius 2 is 2.10 bits per heavy atom. The molecular weight excluding hydrogens is 268 g/mol. The van der Waals surface area contributed by atoms with Gasteiger partial charge in [-0.25, -0.2) is 0 Å². The van der Waals surface area contributed by atoms with Gasteiger partial charge < -0.3 is 15.7 Å². The minimum Gasteiger partial charge on any atom is -0.496 e. The molecule has 6 nitrogen and oxygen atoms in total. The summed E-state index contributed by atoms with van der Waals surface area (Å²) in [5.74, 6) is 0.599. The second-order valence-electron chi connectivity index (χ2n) is 4.97. The number of methoxy groups -OCH3 is 1. The molecule has 21 heavy (non-hydrogen) atoms. The first-order valence-electron chi connectivity index (χ1n) is 6.63. The third-order valence-corrected chi connectivity index (χ3v) is 3.73. The normalized spacial score (nSPS) is 11.7. The second-order valence-corrected chi connectivity index (χ2v) is 4.97. The molecule has 3 N–H and O–H groups in total. The van der Waals surface area contributed by atoms with Crippen LogP contribution in [-0.4, -0.2) is 27.9 Å². The van der Waals surface area contributed by atoms with Crippen LogP contribution in [0.25, 0.3) is 0 Å². The van der Waals surface area contributed by atoms with Crippen molar-refractivity contribution in [3.8, 4) is 5.75 Å². The lowest BCUT2D eigenvalue weighted by atomic mass is 10.1. The van der Waals surface area contributed by atoms with Crippen LogP contribution in [-0.2, 0) is 6.54 Å². The van der Waals surface area contributed by atoms with Crippen molar-refractivity contribution >= 4 is 5.84 Å². The summed E-state index contributed by atoms with van der Waals surface area (Å²) in [4.78, 5) is 0. The topological polar surface area (TPSA) is 85.7 Å². The van der Waals surface area contributed by atoms with Crippen LogP contribution >= 0.6 is 0 Å². The van der Waals surface area contributed by atoms with E-state index in [0.29, 0.717) is 17.9 Å². The highest BCUT2D eigenvalue weighted by Gasteiger charge is 2.11. The van der Waals surface area contributed by atoms with Gasteiger partial charge in [-0.15, -0.1) is 0 Å². The maximum absolute atomic E-state index is 8.78. The van der Waals surface area contributed by atoms with E-state index in [4.69, 9.17) is 15.7 Å². The first kappa shape index (κ1) is 14.9. The van der Waals surface area contributed by atoms with Gasteiger partial charge in [-0.05, 0) is 44.0 Å². The van der Waals surface area contributed by atoms with Crippen LogP contribution in [0.1, 0.15) is 28.1 Å². The Balaban J connectivity index is 2.35. The Bertz CT molecular complexity index is 689. The third kappa shape index (κ3) is 2.84. The number of benzene rings is 1. The Hall–Kier alpha value is -2.50. The molecule has 0 saturated heterocycles. The summed E-state index contributed by atoms with van der Waals surface area (Å²) in [5.41, 5.74) is 10.6. The monoisotopic (exact) mass is 288 g/mol. The number of aryl methyl sites for hydroxylation is 1. The molecule has 0 radical (unpaired) electrons. The average molecular weight is 288 g/mol. The Kier molecular flexibility index (Phi) is 4.16. The van der Waals surface area contributed by atoms with Crippen LogP contribution in [0.2, 0.25) is 0 Å². The zero-order valence-electron chi connectivity index (χ0n) is 12.7. The summed E-state index contributed by atoms with van der Waals surface area (Å²) < 4.78 is 7.27. The summed E-state index contributed by atoms with van der Waals surface area (Å²) in [6.07, 6.45) is 0. The smallest absolute Gasteiger partial charge is 0.173 e. The van der Waals surface area contributed by atoms with Crippen molar-refractivity contribution in [3.05, 3.63) is 46.3 Å². The van der Waals surface area contributed by atoms with E-state index in [0.717, 1.165) is 17.0 Å². The average Bonchev–Trinajstić information content (AvgIpc) is 2.73. The van der Waals surface area contributed by atoms with Crippen molar-refractivity contribution in [1.82, 2.24) is 9.78 Å². The molecule has 0 aliphatic carbocycles. The van der Waals surface area contributed by atoms with Gasteiger partial charge in [0.15, 0.2) is 5.84 Å². The van der Waals surface area contributed by atoms with Crippen LogP contribution in [0.15, 0.2) is 23.4 Å². The lowest BCUT2D eigenvalue weighted by molar-refractivity contribution is 0.318.